The average Bonchev–Trinajstić information content (AvgIpc) is 2.03. The van der Waals surface area contributed by atoms with Gasteiger partial charge in [-0.3, -0.25) is 10.2 Å². The molecule has 15 heavy (non-hydrogen) atoms. The minimum absolute atomic E-state index is 0. The lowest BCUT2D eigenvalue weighted by atomic mass is 10.5. The van der Waals surface area contributed by atoms with Gasteiger partial charge in [0.25, 0.3) is 5.91 Å². The van der Waals surface area contributed by atoms with Crippen LogP contribution in [0.3, 0.4) is 0 Å². The molecule has 0 aliphatic rings. The van der Waals surface area contributed by atoms with E-state index in [1.165, 1.54) is 6.08 Å². The van der Waals surface area contributed by atoms with Crippen LogP contribution in [0.15, 0.2) is 12.7 Å². The van der Waals surface area contributed by atoms with E-state index in [2.05, 4.69) is 17.4 Å². The second-order valence-electron chi connectivity index (χ2n) is 2.96. The van der Waals surface area contributed by atoms with Crippen LogP contribution in [0.25, 0.3) is 0 Å². The van der Waals surface area contributed by atoms with Gasteiger partial charge in [0.05, 0.1) is 0 Å². The number of halogens is 2. The lowest BCUT2D eigenvalue weighted by Gasteiger charge is -2.00. The van der Waals surface area contributed by atoms with Crippen molar-refractivity contribution in [1.82, 2.24) is 15.8 Å². The van der Waals surface area contributed by atoms with Crippen LogP contribution >= 0.6 is 24.8 Å². The van der Waals surface area contributed by atoms with E-state index in [0.29, 0.717) is 0 Å². The Balaban J connectivity index is -0.0000000883. The van der Waals surface area contributed by atoms with Gasteiger partial charge >= 0.3 is 0 Å². The van der Waals surface area contributed by atoms with Gasteiger partial charge < -0.3 is 4.90 Å². The minimum Gasteiger partial charge on any atom is -0.312 e. The van der Waals surface area contributed by atoms with Crippen LogP contribution in [0.1, 0.15) is 13.3 Å². The highest BCUT2D eigenvalue weighted by atomic mass is 35.5. The summed E-state index contributed by atoms with van der Waals surface area (Å²) >= 11 is 0. The number of nitrogens with zero attached hydrogens (tertiary/aromatic N) is 1. The smallest absolute Gasteiger partial charge is 0.257 e. The SMILES string of the molecule is C=CC(=O)NNCCC.CN(C)C.Cl.Cl. The van der Waals surface area contributed by atoms with Crippen LogP contribution in [0.2, 0.25) is 0 Å². The summed E-state index contributed by atoms with van der Waals surface area (Å²) in [5, 5.41) is 0. The monoisotopic (exact) mass is 259 g/mol. The van der Waals surface area contributed by atoms with Crippen LogP contribution in [0.5, 0.6) is 0 Å². The maximum Gasteiger partial charge on any atom is 0.257 e. The molecule has 0 rings (SSSR count). The highest BCUT2D eigenvalue weighted by molar-refractivity contribution is 5.86. The Bertz CT molecular complexity index is 141. The summed E-state index contributed by atoms with van der Waals surface area (Å²) in [6.45, 7) is 6.10. The molecular formula is C9H23Cl2N3O. The molecule has 4 nitrogen and oxygen atoms in total. The Morgan fingerprint density at radius 3 is 2.00 bits per heavy atom. The topological polar surface area (TPSA) is 44.4 Å². The van der Waals surface area contributed by atoms with E-state index < -0.39 is 0 Å². The van der Waals surface area contributed by atoms with Gasteiger partial charge in [-0.05, 0) is 33.6 Å². The number of rotatable bonds is 4. The lowest BCUT2D eigenvalue weighted by molar-refractivity contribution is -0.117. The molecule has 0 aromatic rings. The largest absolute Gasteiger partial charge is 0.312 e. The third kappa shape index (κ3) is 41.8. The number of carbonyl (C=O) groups is 1. The van der Waals surface area contributed by atoms with Gasteiger partial charge in [0.2, 0.25) is 0 Å². The van der Waals surface area contributed by atoms with E-state index in [1.807, 2.05) is 33.0 Å². The Hall–Kier alpha value is -0.290. The molecular weight excluding hydrogens is 237 g/mol. The van der Waals surface area contributed by atoms with Crippen LogP contribution in [0.4, 0.5) is 0 Å². The lowest BCUT2D eigenvalue weighted by Crippen LogP contribution is -2.36. The summed E-state index contributed by atoms with van der Waals surface area (Å²) in [5.41, 5.74) is 5.14. The molecule has 0 saturated carbocycles. The molecule has 0 atom stereocenters. The molecule has 0 aliphatic heterocycles. The zero-order chi connectivity index (χ0) is 10.7. The van der Waals surface area contributed by atoms with Gasteiger partial charge in [-0.15, -0.1) is 24.8 Å². The van der Waals surface area contributed by atoms with Gasteiger partial charge in [0.15, 0.2) is 0 Å². The Morgan fingerprint density at radius 2 is 1.73 bits per heavy atom. The van der Waals surface area contributed by atoms with Crippen molar-refractivity contribution in [1.29, 1.82) is 0 Å². The first-order valence-electron chi connectivity index (χ1n) is 4.30. The molecule has 0 radical (unpaired) electrons. The first-order chi connectivity index (χ1) is 6.04. The molecule has 0 aromatic carbocycles. The number of hydrazine groups is 1. The molecule has 94 valence electrons. The predicted molar refractivity (Wildman–Crippen MR) is 70.7 cm³/mol. The number of hydrogen-bond acceptors (Lipinski definition) is 3. The summed E-state index contributed by atoms with van der Waals surface area (Å²) < 4.78 is 0. The van der Waals surface area contributed by atoms with Crippen LogP contribution in [-0.4, -0.2) is 38.5 Å². The molecule has 0 fully saturated rings. The molecule has 1 amide bonds. The number of amides is 1. The second-order valence-corrected chi connectivity index (χ2v) is 2.96. The van der Waals surface area contributed by atoms with Crippen molar-refractivity contribution < 1.29 is 4.79 Å². The Morgan fingerprint density at radius 1 is 1.33 bits per heavy atom. The van der Waals surface area contributed by atoms with Crippen molar-refractivity contribution in [3.8, 4) is 0 Å². The molecule has 0 unspecified atom stereocenters. The Kier molecular flexibility index (Phi) is 31.0. The maximum absolute atomic E-state index is 10.4. The summed E-state index contributed by atoms with van der Waals surface area (Å²) in [6.07, 6.45) is 2.22. The predicted octanol–water partition coefficient (Wildman–Crippen LogP) is 1.22. The fraction of sp³-hybridized carbons (Fsp3) is 0.667. The Labute approximate surface area is 105 Å². The van der Waals surface area contributed by atoms with Gasteiger partial charge in [0.1, 0.15) is 0 Å². The van der Waals surface area contributed by atoms with Crippen molar-refractivity contribution in [2.24, 2.45) is 0 Å². The second kappa shape index (κ2) is 19.3. The molecule has 0 saturated heterocycles. The highest BCUT2D eigenvalue weighted by Crippen LogP contribution is 1.66. The zero-order valence-corrected chi connectivity index (χ0v) is 11.5. The molecule has 2 N–H and O–H groups in total. The zero-order valence-electron chi connectivity index (χ0n) is 9.87. The van der Waals surface area contributed by atoms with Crippen LogP contribution in [-0.2, 0) is 4.79 Å². The standard InChI is InChI=1S/C6H12N2O.C3H9N.2ClH/c1-3-5-7-8-6(9)4-2;1-4(2)3;;/h4,7H,2-3,5H2,1H3,(H,8,9);1-3H3;2*1H. The van der Waals surface area contributed by atoms with E-state index in [9.17, 15) is 4.79 Å². The third-order valence-electron chi connectivity index (χ3n) is 0.772. The molecule has 0 heterocycles. The third-order valence-corrected chi connectivity index (χ3v) is 0.772. The van der Waals surface area contributed by atoms with E-state index >= 15 is 0 Å². The average molecular weight is 260 g/mol. The van der Waals surface area contributed by atoms with Crippen molar-refractivity contribution in [2.75, 3.05) is 27.7 Å². The van der Waals surface area contributed by atoms with Crippen molar-refractivity contribution in [2.45, 2.75) is 13.3 Å². The quantitative estimate of drug-likeness (QED) is 0.454. The maximum atomic E-state index is 10.4. The molecule has 0 aliphatic carbocycles. The first-order valence-corrected chi connectivity index (χ1v) is 4.30. The first kappa shape index (κ1) is 24.1. The number of nitrogens with one attached hydrogen (secondary N) is 2. The van der Waals surface area contributed by atoms with Crippen molar-refractivity contribution >= 4 is 30.7 Å². The van der Waals surface area contributed by atoms with Crippen LogP contribution < -0.4 is 10.9 Å². The molecule has 0 aromatic heterocycles. The molecule has 6 heteroatoms. The summed E-state index contributed by atoms with van der Waals surface area (Å²) in [6, 6.07) is 0. The normalized spacial score (nSPS) is 7.53. The highest BCUT2D eigenvalue weighted by Gasteiger charge is 1.87. The molecule has 0 bridgehead atoms. The van der Waals surface area contributed by atoms with Crippen LogP contribution in [0, 0.1) is 0 Å². The number of carbonyl (C=O) groups excluding carboxylic acids is 1. The number of hydrogen-bond donors (Lipinski definition) is 2. The van der Waals surface area contributed by atoms with E-state index in [1.54, 1.807) is 0 Å². The molecule has 0 spiro atoms. The fourth-order valence-corrected chi connectivity index (χ4v) is 0.326. The minimum atomic E-state index is -0.191. The van der Waals surface area contributed by atoms with Gasteiger partial charge in [0, 0.05) is 6.54 Å². The summed E-state index contributed by atoms with van der Waals surface area (Å²) in [4.78, 5) is 12.4. The van der Waals surface area contributed by atoms with Gasteiger partial charge in [-0.1, -0.05) is 13.5 Å². The summed E-state index contributed by atoms with van der Waals surface area (Å²) in [7, 11) is 6.00. The van der Waals surface area contributed by atoms with Crippen molar-refractivity contribution in [3.05, 3.63) is 12.7 Å². The van der Waals surface area contributed by atoms with E-state index in [-0.39, 0.29) is 30.7 Å². The van der Waals surface area contributed by atoms with E-state index in [0.717, 1.165) is 13.0 Å². The fourth-order valence-electron chi connectivity index (χ4n) is 0.326. The van der Waals surface area contributed by atoms with Gasteiger partial charge in [-0.2, -0.15) is 0 Å². The van der Waals surface area contributed by atoms with Gasteiger partial charge in [-0.25, -0.2) is 5.43 Å². The summed E-state index contributed by atoms with van der Waals surface area (Å²) in [5.74, 6) is -0.191. The van der Waals surface area contributed by atoms with Crippen molar-refractivity contribution in [3.63, 3.8) is 0 Å². The van der Waals surface area contributed by atoms with E-state index in [4.69, 9.17) is 0 Å².